The third-order valence-electron chi connectivity index (χ3n) is 1.74. The highest BCUT2D eigenvalue weighted by atomic mass is 16.6. The van der Waals surface area contributed by atoms with Gasteiger partial charge in [0.15, 0.2) is 6.29 Å². The van der Waals surface area contributed by atoms with Crippen molar-refractivity contribution >= 4 is 0 Å². The maximum absolute atomic E-state index is 9.10. The summed E-state index contributed by atoms with van der Waals surface area (Å²) in [5.41, 5.74) is 0. The van der Waals surface area contributed by atoms with Gasteiger partial charge in [-0.25, -0.2) is 0 Å². The first-order valence-corrected chi connectivity index (χ1v) is 3.45. The van der Waals surface area contributed by atoms with Gasteiger partial charge >= 0.3 is 0 Å². The zero-order valence-corrected chi connectivity index (χ0v) is 5.92. The van der Waals surface area contributed by atoms with E-state index < -0.39 is 24.6 Å². The predicted molar refractivity (Wildman–Crippen MR) is 34.6 cm³/mol. The van der Waals surface area contributed by atoms with E-state index in [1.165, 1.54) is 0 Å². The van der Waals surface area contributed by atoms with Crippen LogP contribution in [0.15, 0.2) is 0 Å². The molecule has 1 heterocycles. The number of aliphatic hydroxyl groups excluding tert-OH is 4. The Labute approximate surface area is 63.8 Å². The molecule has 1 fully saturated rings. The van der Waals surface area contributed by atoms with Crippen LogP contribution in [0.1, 0.15) is 6.42 Å². The quantitative estimate of drug-likeness (QED) is 0.353. The second kappa shape index (κ2) is 3.46. The molecular weight excluding hydrogens is 152 g/mol. The van der Waals surface area contributed by atoms with Crippen LogP contribution in [-0.4, -0.2) is 51.6 Å². The molecule has 4 atom stereocenters. The van der Waals surface area contributed by atoms with Crippen LogP contribution in [-0.2, 0) is 4.74 Å². The van der Waals surface area contributed by atoms with E-state index in [2.05, 4.69) is 4.74 Å². The third-order valence-corrected chi connectivity index (χ3v) is 1.74. The van der Waals surface area contributed by atoms with E-state index in [-0.39, 0.29) is 13.0 Å². The van der Waals surface area contributed by atoms with Gasteiger partial charge in [-0.3, -0.25) is 0 Å². The number of hydrogen-bond donors (Lipinski definition) is 4. The summed E-state index contributed by atoms with van der Waals surface area (Å²) in [5, 5.41) is 35.5. The van der Waals surface area contributed by atoms with Crippen molar-refractivity contribution in [2.75, 3.05) is 6.61 Å². The summed E-state index contributed by atoms with van der Waals surface area (Å²) in [5.74, 6) is 0. The predicted octanol–water partition coefficient (Wildman–Crippen LogP) is -2.19. The van der Waals surface area contributed by atoms with Gasteiger partial charge in [-0.2, -0.15) is 0 Å². The Morgan fingerprint density at radius 1 is 1.18 bits per heavy atom. The molecule has 0 aromatic carbocycles. The molecule has 4 N–H and O–H groups in total. The Bertz CT molecular complexity index is 128. The Morgan fingerprint density at radius 2 is 1.82 bits per heavy atom. The van der Waals surface area contributed by atoms with Crippen LogP contribution in [0.4, 0.5) is 0 Å². The normalized spacial score (nSPS) is 45.8. The van der Waals surface area contributed by atoms with Gasteiger partial charge in [0, 0.05) is 6.42 Å². The SMILES string of the molecule is OCC1O[C@H](O)C(O)C[C@H]1O. The standard InChI is InChI=1S/C6H12O5/c7-2-5-3(8)1-4(9)6(10)11-5/h3-10H,1-2H2/t3-,4?,5?,6+/m1/s1. The zero-order valence-electron chi connectivity index (χ0n) is 5.92. The van der Waals surface area contributed by atoms with Crippen molar-refractivity contribution in [2.45, 2.75) is 31.0 Å². The molecular formula is C6H12O5. The lowest BCUT2D eigenvalue weighted by molar-refractivity contribution is -0.251. The molecule has 2 unspecified atom stereocenters. The molecule has 1 aliphatic heterocycles. The fourth-order valence-corrected chi connectivity index (χ4v) is 1.04. The smallest absolute Gasteiger partial charge is 0.181 e. The Hall–Kier alpha value is -0.200. The summed E-state index contributed by atoms with van der Waals surface area (Å²) < 4.78 is 4.67. The molecule has 0 aromatic rings. The van der Waals surface area contributed by atoms with E-state index in [0.717, 1.165) is 0 Å². The van der Waals surface area contributed by atoms with E-state index >= 15 is 0 Å². The Balaban J connectivity index is 2.48. The van der Waals surface area contributed by atoms with Crippen molar-refractivity contribution in [3.8, 4) is 0 Å². The molecule has 0 bridgehead atoms. The van der Waals surface area contributed by atoms with Gasteiger partial charge in [0.25, 0.3) is 0 Å². The van der Waals surface area contributed by atoms with Crippen molar-refractivity contribution < 1.29 is 25.2 Å². The maximum atomic E-state index is 9.10. The first kappa shape index (κ1) is 8.89. The molecule has 0 amide bonds. The van der Waals surface area contributed by atoms with E-state index in [9.17, 15) is 0 Å². The minimum atomic E-state index is -1.30. The van der Waals surface area contributed by atoms with Gasteiger partial charge in [0.2, 0.25) is 0 Å². The Morgan fingerprint density at radius 3 is 2.36 bits per heavy atom. The average molecular weight is 164 g/mol. The van der Waals surface area contributed by atoms with Crippen LogP contribution in [0, 0.1) is 0 Å². The van der Waals surface area contributed by atoms with Gasteiger partial charge < -0.3 is 25.2 Å². The van der Waals surface area contributed by atoms with Crippen LogP contribution in [0.2, 0.25) is 0 Å². The molecule has 0 aromatic heterocycles. The van der Waals surface area contributed by atoms with Crippen molar-refractivity contribution in [1.29, 1.82) is 0 Å². The largest absolute Gasteiger partial charge is 0.394 e. The molecule has 11 heavy (non-hydrogen) atoms. The van der Waals surface area contributed by atoms with Crippen molar-refractivity contribution in [3.63, 3.8) is 0 Å². The highest BCUT2D eigenvalue weighted by Gasteiger charge is 2.34. The molecule has 66 valence electrons. The summed E-state index contributed by atoms with van der Waals surface area (Å²) in [4.78, 5) is 0. The first-order valence-electron chi connectivity index (χ1n) is 3.45. The number of hydrogen-bond acceptors (Lipinski definition) is 5. The highest BCUT2D eigenvalue weighted by Crippen LogP contribution is 2.18. The second-order valence-corrected chi connectivity index (χ2v) is 2.62. The number of ether oxygens (including phenoxy) is 1. The molecule has 0 radical (unpaired) electrons. The van der Waals surface area contributed by atoms with Crippen LogP contribution in [0.25, 0.3) is 0 Å². The molecule has 5 nitrogen and oxygen atoms in total. The minimum Gasteiger partial charge on any atom is -0.394 e. The van der Waals surface area contributed by atoms with Crippen LogP contribution < -0.4 is 0 Å². The van der Waals surface area contributed by atoms with E-state index in [1.54, 1.807) is 0 Å². The third kappa shape index (κ3) is 1.88. The first-order chi connectivity index (χ1) is 5.15. The van der Waals surface area contributed by atoms with Crippen LogP contribution >= 0.6 is 0 Å². The molecule has 1 rings (SSSR count). The lowest BCUT2D eigenvalue weighted by atomic mass is 10.0. The van der Waals surface area contributed by atoms with Gasteiger partial charge in [-0.1, -0.05) is 0 Å². The molecule has 0 aliphatic carbocycles. The monoisotopic (exact) mass is 164 g/mol. The van der Waals surface area contributed by atoms with E-state index in [1.807, 2.05) is 0 Å². The summed E-state index contributed by atoms with van der Waals surface area (Å²) in [6.45, 7) is -0.356. The lowest BCUT2D eigenvalue weighted by Gasteiger charge is -2.33. The fourth-order valence-electron chi connectivity index (χ4n) is 1.04. The summed E-state index contributed by atoms with van der Waals surface area (Å²) in [6.07, 6.45) is -4.01. The fraction of sp³-hybridized carbons (Fsp3) is 1.00. The van der Waals surface area contributed by atoms with Crippen LogP contribution in [0.5, 0.6) is 0 Å². The summed E-state index contributed by atoms with van der Waals surface area (Å²) in [7, 11) is 0. The van der Waals surface area contributed by atoms with Crippen molar-refractivity contribution in [1.82, 2.24) is 0 Å². The second-order valence-electron chi connectivity index (χ2n) is 2.62. The van der Waals surface area contributed by atoms with Crippen LogP contribution in [0.3, 0.4) is 0 Å². The molecule has 0 saturated carbocycles. The van der Waals surface area contributed by atoms with E-state index in [4.69, 9.17) is 20.4 Å². The lowest BCUT2D eigenvalue weighted by Crippen LogP contribution is -2.48. The summed E-state index contributed by atoms with van der Waals surface area (Å²) >= 11 is 0. The molecule has 5 heteroatoms. The number of rotatable bonds is 1. The van der Waals surface area contributed by atoms with Gasteiger partial charge in [0.05, 0.1) is 12.7 Å². The molecule has 1 aliphatic rings. The maximum Gasteiger partial charge on any atom is 0.181 e. The summed E-state index contributed by atoms with van der Waals surface area (Å²) in [6, 6.07) is 0. The minimum absolute atomic E-state index is 0.0341. The van der Waals surface area contributed by atoms with Gasteiger partial charge in [-0.15, -0.1) is 0 Å². The van der Waals surface area contributed by atoms with E-state index in [0.29, 0.717) is 0 Å². The average Bonchev–Trinajstić information content (AvgIpc) is 1.97. The molecule has 0 spiro atoms. The highest BCUT2D eigenvalue weighted by molar-refractivity contribution is 4.79. The Kier molecular flexibility index (Phi) is 2.80. The van der Waals surface area contributed by atoms with Gasteiger partial charge in [-0.05, 0) is 0 Å². The zero-order chi connectivity index (χ0) is 8.43. The van der Waals surface area contributed by atoms with Gasteiger partial charge in [0.1, 0.15) is 12.2 Å². The number of aliphatic hydroxyl groups is 4. The van der Waals surface area contributed by atoms with Crippen molar-refractivity contribution in [2.24, 2.45) is 0 Å². The van der Waals surface area contributed by atoms with Crippen molar-refractivity contribution in [3.05, 3.63) is 0 Å². The topological polar surface area (TPSA) is 90.2 Å². The molecule has 1 saturated heterocycles.